The van der Waals surface area contributed by atoms with E-state index in [0.29, 0.717) is 45.6 Å². The standard InChI is InChI=1S/C38H37F4N7O4S/c1-38(2,51)13-12-24-9-11-25(26-6-5-7-28-34(26)48(3)46-37(28)47-54(4,52)53)32(43-24)30(16-20-14-22(39)18-23(40)15-20)44-31(50)19-49-35-27(33(45-49)36(41)42)10-8-21-17-29(21)35/h5-7,9,11,14-15,18,21,29-30,36,51H,8,10,16-17,19H2,1-4H3,(H,44,50)(H,46,47)/t21?,29?,30-/m0/s1. The highest BCUT2D eigenvalue weighted by atomic mass is 32.2. The van der Waals surface area contributed by atoms with Crippen molar-refractivity contribution in [2.45, 2.75) is 70.1 Å². The van der Waals surface area contributed by atoms with Crippen LogP contribution in [-0.4, -0.2) is 55.8 Å². The molecule has 3 N–H and O–H groups in total. The van der Waals surface area contributed by atoms with Crippen LogP contribution in [0.25, 0.3) is 22.0 Å². The molecule has 2 aliphatic carbocycles. The van der Waals surface area contributed by atoms with Gasteiger partial charge in [-0.15, -0.1) is 0 Å². The molecule has 3 heterocycles. The lowest BCUT2D eigenvalue weighted by atomic mass is 9.93. The van der Waals surface area contributed by atoms with E-state index in [4.69, 9.17) is 4.98 Å². The van der Waals surface area contributed by atoms with Crippen LogP contribution in [0.4, 0.5) is 23.4 Å². The lowest BCUT2D eigenvalue weighted by Gasteiger charge is -2.23. The second-order valence-electron chi connectivity index (χ2n) is 14.4. The van der Waals surface area contributed by atoms with Crippen LogP contribution in [0, 0.1) is 29.4 Å². The number of carbonyl (C=O) groups is 1. The maximum absolute atomic E-state index is 14.5. The van der Waals surface area contributed by atoms with Crippen LogP contribution in [-0.2, 0) is 41.3 Å². The van der Waals surface area contributed by atoms with Gasteiger partial charge >= 0.3 is 0 Å². The van der Waals surface area contributed by atoms with Gasteiger partial charge in [-0.2, -0.15) is 10.2 Å². The Morgan fingerprint density at radius 1 is 1.07 bits per heavy atom. The van der Waals surface area contributed by atoms with Gasteiger partial charge in [-0.1, -0.05) is 18.1 Å². The number of sulfonamides is 1. The van der Waals surface area contributed by atoms with Crippen molar-refractivity contribution in [1.82, 2.24) is 29.9 Å². The highest BCUT2D eigenvalue weighted by molar-refractivity contribution is 7.92. The van der Waals surface area contributed by atoms with Gasteiger partial charge in [0.2, 0.25) is 15.9 Å². The molecule has 0 bridgehead atoms. The molecule has 1 amide bonds. The summed E-state index contributed by atoms with van der Waals surface area (Å²) < 4.78 is 86.8. The van der Waals surface area contributed by atoms with Crippen molar-refractivity contribution in [3.05, 3.63) is 94.1 Å². The Balaban J connectivity index is 1.36. The molecule has 16 heteroatoms. The van der Waals surface area contributed by atoms with E-state index in [1.165, 1.54) is 23.2 Å². The van der Waals surface area contributed by atoms with Gasteiger partial charge in [-0.25, -0.2) is 31.0 Å². The number of para-hydroxylation sites is 1. The molecule has 2 aliphatic rings. The molecule has 2 unspecified atom stereocenters. The van der Waals surface area contributed by atoms with E-state index in [2.05, 4.69) is 32.1 Å². The van der Waals surface area contributed by atoms with Gasteiger partial charge in [-0.05, 0) is 87.3 Å². The van der Waals surface area contributed by atoms with Crippen molar-refractivity contribution in [3.8, 4) is 23.0 Å². The Kier molecular flexibility index (Phi) is 9.51. The van der Waals surface area contributed by atoms with E-state index in [-0.39, 0.29) is 40.8 Å². The minimum Gasteiger partial charge on any atom is -0.378 e. The molecule has 2 aromatic carbocycles. The first-order chi connectivity index (χ1) is 25.4. The highest BCUT2D eigenvalue weighted by Gasteiger charge is 2.46. The largest absolute Gasteiger partial charge is 0.378 e. The fourth-order valence-corrected chi connectivity index (χ4v) is 7.85. The first-order valence-electron chi connectivity index (χ1n) is 17.3. The fourth-order valence-electron chi connectivity index (χ4n) is 7.35. The summed E-state index contributed by atoms with van der Waals surface area (Å²) in [5.41, 5.74) is 1.52. The number of fused-ring (bicyclic) bond motifs is 4. The number of amides is 1. The molecule has 0 saturated heterocycles. The molecule has 11 nitrogen and oxygen atoms in total. The third-order valence-electron chi connectivity index (χ3n) is 9.55. The van der Waals surface area contributed by atoms with E-state index in [1.54, 1.807) is 37.4 Å². The molecular weight excluding hydrogens is 727 g/mol. The number of pyridine rings is 1. The summed E-state index contributed by atoms with van der Waals surface area (Å²) in [4.78, 5) is 18.8. The smallest absolute Gasteiger partial charge is 0.282 e. The van der Waals surface area contributed by atoms with Crippen molar-refractivity contribution >= 4 is 32.7 Å². The van der Waals surface area contributed by atoms with Crippen molar-refractivity contribution in [2.24, 2.45) is 13.0 Å². The van der Waals surface area contributed by atoms with Crippen molar-refractivity contribution in [1.29, 1.82) is 0 Å². The molecule has 1 saturated carbocycles. The normalized spacial score (nSPS) is 17.1. The third-order valence-corrected chi connectivity index (χ3v) is 10.1. The Morgan fingerprint density at radius 3 is 2.50 bits per heavy atom. The van der Waals surface area contributed by atoms with E-state index in [9.17, 15) is 35.9 Å². The lowest BCUT2D eigenvalue weighted by molar-refractivity contribution is -0.122. The molecule has 282 valence electrons. The number of aromatic nitrogens is 5. The summed E-state index contributed by atoms with van der Waals surface area (Å²) in [6.07, 6.45) is 0.122. The zero-order valence-corrected chi connectivity index (χ0v) is 30.6. The zero-order valence-electron chi connectivity index (χ0n) is 29.8. The SMILES string of the molecule is Cn1nc(NS(C)(=O)=O)c2cccc(-c3ccc(C#CC(C)(C)O)nc3[C@H](Cc3cc(F)cc(F)c3)NC(=O)Cn3nc(C(F)F)c4c3C3CC3CC4)c21. The van der Waals surface area contributed by atoms with Crippen LogP contribution in [0.1, 0.15) is 79.0 Å². The molecule has 54 heavy (non-hydrogen) atoms. The monoisotopic (exact) mass is 763 g/mol. The Bertz CT molecular complexity index is 2460. The summed E-state index contributed by atoms with van der Waals surface area (Å²) in [6.45, 7) is 2.61. The number of carbonyl (C=O) groups excluding carboxylic acids is 1. The number of hydrogen-bond acceptors (Lipinski definition) is 7. The predicted molar refractivity (Wildman–Crippen MR) is 193 cm³/mol. The molecule has 0 radical (unpaired) electrons. The second kappa shape index (κ2) is 13.9. The van der Waals surface area contributed by atoms with Crippen LogP contribution in [0.5, 0.6) is 0 Å². The van der Waals surface area contributed by atoms with E-state index in [0.717, 1.165) is 37.3 Å². The van der Waals surface area contributed by atoms with Gasteiger partial charge in [0.25, 0.3) is 6.43 Å². The lowest BCUT2D eigenvalue weighted by Crippen LogP contribution is -2.34. The van der Waals surface area contributed by atoms with Crippen molar-refractivity contribution in [3.63, 3.8) is 0 Å². The van der Waals surface area contributed by atoms with Crippen molar-refractivity contribution < 1.29 is 35.9 Å². The minimum atomic E-state index is -3.70. The number of aliphatic hydroxyl groups is 1. The first kappa shape index (κ1) is 37.1. The van der Waals surface area contributed by atoms with Gasteiger partial charge in [0.05, 0.1) is 23.5 Å². The second-order valence-corrected chi connectivity index (χ2v) is 16.2. The molecule has 7 rings (SSSR count). The number of nitrogens with one attached hydrogen (secondary N) is 2. The number of aryl methyl sites for hydroxylation is 1. The molecule has 0 aliphatic heterocycles. The van der Waals surface area contributed by atoms with Gasteiger partial charge in [-0.3, -0.25) is 18.9 Å². The molecule has 1 fully saturated rings. The Labute approximate surface area is 308 Å². The number of hydrogen-bond donors (Lipinski definition) is 3. The summed E-state index contributed by atoms with van der Waals surface area (Å²) >= 11 is 0. The molecule has 5 aromatic rings. The van der Waals surface area contributed by atoms with Crippen LogP contribution in [0.2, 0.25) is 0 Å². The van der Waals surface area contributed by atoms with E-state index >= 15 is 0 Å². The van der Waals surface area contributed by atoms with Crippen LogP contribution in [0.3, 0.4) is 0 Å². The fraction of sp³-hybridized carbons (Fsp3) is 0.368. The number of halogens is 4. The number of benzene rings is 2. The number of nitrogens with zero attached hydrogens (tertiary/aromatic N) is 5. The van der Waals surface area contributed by atoms with Gasteiger partial charge in [0.15, 0.2) is 5.82 Å². The summed E-state index contributed by atoms with van der Waals surface area (Å²) in [6, 6.07) is 10.4. The van der Waals surface area contributed by atoms with Crippen LogP contribution >= 0.6 is 0 Å². The molecular formula is C38H37F4N7O4S. The minimum absolute atomic E-state index is 0.0494. The third kappa shape index (κ3) is 7.83. The Morgan fingerprint density at radius 2 is 1.81 bits per heavy atom. The number of anilines is 1. The first-order valence-corrected chi connectivity index (χ1v) is 19.2. The van der Waals surface area contributed by atoms with Crippen molar-refractivity contribution in [2.75, 3.05) is 11.0 Å². The van der Waals surface area contributed by atoms with Gasteiger partial charge < -0.3 is 10.4 Å². The summed E-state index contributed by atoms with van der Waals surface area (Å²) in [5.74, 6) is 3.79. The van der Waals surface area contributed by atoms with Gasteiger partial charge in [0, 0.05) is 46.8 Å². The summed E-state index contributed by atoms with van der Waals surface area (Å²) in [5, 5.41) is 22.3. The summed E-state index contributed by atoms with van der Waals surface area (Å²) in [7, 11) is -2.07. The number of rotatable bonds is 10. The van der Waals surface area contributed by atoms with Crippen LogP contribution in [0.15, 0.2) is 48.5 Å². The average Bonchev–Trinajstić information content (AvgIpc) is 3.68. The average molecular weight is 764 g/mol. The zero-order chi connectivity index (χ0) is 38.7. The van der Waals surface area contributed by atoms with Gasteiger partial charge in [0.1, 0.15) is 35.2 Å². The number of alkyl halides is 2. The Hall–Kier alpha value is -5.27. The topological polar surface area (TPSA) is 144 Å². The van der Waals surface area contributed by atoms with Crippen LogP contribution < -0.4 is 10.0 Å². The quantitative estimate of drug-likeness (QED) is 0.123. The highest BCUT2D eigenvalue weighted by Crippen LogP contribution is 2.55. The molecule has 3 atom stereocenters. The maximum atomic E-state index is 14.5. The molecule has 0 spiro atoms. The van der Waals surface area contributed by atoms with E-state index in [1.807, 2.05) is 0 Å². The molecule has 3 aromatic heterocycles. The predicted octanol–water partition coefficient (Wildman–Crippen LogP) is 5.69. The van der Waals surface area contributed by atoms with E-state index < -0.39 is 52.2 Å². The maximum Gasteiger partial charge on any atom is 0.282 e.